The van der Waals surface area contributed by atoms with E-state index in [0.717, 1.165) is 6.42 Å². The highest BCUT2D eigenvalue weighted by molar-refractivity contribution is 5.53. The van der Waals surface area contributed by atoms with Crippen molar-refractivity contribution in [2.75, 3.05) is 0 Å². The normalized spacial score (nSPS) is 11.2. The molecule has 0 unspecified atom stereocenters. The molecule has 0 aliphatic carbocycles. The smallest absolute Gasteiger partial charge is 0.0228 e. The van der Waals surface area contributed by atoms with Crippen molar-refractivity contribution in [1.29, 1.82) is 0 Å². The fourth-order valence-electron chi connectivity index (χ4n) is 2.09. The number of unbranched alkanes of at least 4 members (excludes halogenated alkanes) is 5. The number of hydrogen-bond donors (Lipinski definition) is 0. The van der Waals surface area contributed by atoms with Crippen LogP contribution in [-0.2, 0) is 6.42 Å². The van der Waals surface area contributed by atoms with E-state index in [9.17, 15) is 0 Å². The third kappa shape index (κ3) is 5.72. The summed E-state index contributed by atoms with van der Waals surface area (Å²) >= 11 is 0. The molecule has 0 heteroatoms. The third-order valence-corrected chi connectivity index (χ3v) is 3.21. The molecule has 0 bridgehead atoms. The van der Waals surface area contributed by atoms with Gasteiger partial charge in [-0.2, -0.15) is 0 Å². The molecule has 0 nitrogen and oxygen atoms in total. The SMILES string of the molecule is CCCCCCC/C=C/c1ccccc1CC. The highest BCUT2D eigenvalue weighted by Gasteiger charge is 1.94. The molecule has 0 saturated carbocycles. The number of aryl methyl sites for hydroxylation is 1. The van der Waals surface area contributed by atoms with Gasteiger partial charge in [0.25, 0.3) is 0 Å². The van der Waals surface area contributed by atoms with Crippen LogP contribution in [0, 0.1) is 0 Å². The third-order valence-electron chi connectivity index (χ3n) is 3.21. The fourth-order valence-corrected chi connectivity index (χ4v) is 2.09. The Hall–Kier alpha value is -1.04. The summed E-state index contributed by atoms with van der Waals surface area (Å²) in [5.41, 5.74) is 2.85. The second-order valence-corrected chi connectivity index (χ2v) is 4.66. The van der Waals surface area contributed by atoms with Gasteiger partial charge in [-0.25, -0.2) is 0 Å². The van der Waals surface area contributed by atoms with Crippen molar-refractivity contribution in [3.05, 3.63) is 41.5 Å². The molecule has 0 spiro atoms. The van der Waals surface area contributed by atoms with E-state index in [1.54, 1.807) is 0 Å². The Balaban J connectivity index is 2.28. The molecule has 0 aliphatic rings. The van der Waals surface area contributed by atoms with Crippen LogP contribution in [0.2, 0.25) is 0 Å². The average Bonchev–Trinajstić information content (AvgIpc) is 2.38. The topological polar surface area (TPSA) is 0 Å². The maximum atomic E-state index is 2.33. The minimum absolute atomic E-state index is 1.12. The van der Waals surface area contributed by atoms with Gasteiger partial charge in [-0.3, -0.25) is 0 Å². The second-order valence-electron chi connectivity index (χ2n) is 4.66. The number of rotatable bonds is 8. The van der Waals surface area contributed by atoms with Crippen molar-refractivity contribution in [2.45, 2.75) is 58.8 Å². The molecule has 0 N–H and O–H groups in total. The van der Waals surface area contributed by atoms with Crippen molar-refractivity contribution in [2.24, 2.45) is 0 Å². The fraction of sp³-hybridized carbons (Fsp3) is 0.529. The summed E-state index contributed by atoms with van der Waals surface area (Å²) in [6.07, 6.45) is 13.8. The van der Waals surface area contributed by atoms with Crippen LogP contribution >= 0.6 is 0 Å². The van der Waals surface area contributed by atoms with Gasteiger partial charge >= 0.3 is 0 Å². The van der Waals surface area contributed by atoms with Crippen molar-refractivity contribution in [1.82, 2.24) is 0 Å². The van der Waals surface area contributed by atoms with Gasteiger partial charge in [0.2, 0.25) is 0 Å². The van der Waals surface area contributed by atoms with E-state index < -0.39 is 0 Å². The molecule has 94 valence electrons. The van der Waals surface area contributed by atoms with E-state index in [-0.39, 0.29) is 0 Å². The standard InChI is InChI=1S/C17H26/c1-3-5-6-7-8-9-10-14-17-15-12-11-13-16(17)4-2/h10-15H,3-9H2,1-2H3/b14-10+. The van der Waals surface area contributed by atoms with Crippen LogP contribution in [0.1, 0.15) is 63.5 Å². The Morgan fingerprint density at radius 1 is 0.941 bits per heavy atom. The Labute approximate surface area is 107 Å². The highest BCUT2D eigenvalue weighted by atomic mass is 14.0. The summed E-state index contributed by atoms with van der Waals surface area (Å²) in [7, 11) is 0. The maximum Gasteiger partial charge on any atom is -0.0228 e. The van der Waals surface area contributed by atoms with Crippen molar-refractivity contribution >= 4 is 6.08 Å². The minimum atomic E-state index is 1.12. The zero-order valence-electron chi connectivity index (χ0n) is 11.4. The van der Waals surface area contributed by atoms with Gasteiger partial charge in [-0.05, 0) is 30.4 Å². The summed E-state index contributed by atoms with van der Waals surface area (Å²) in [5.74, 6) is 0. The van der Waals surface area contributed by atoms with Crippen LogP contribution < -0.4 is 0 Å². The zero-order valence-corrected chi connectivity index (χ0v) is 11.4. The summed E-state index contributed by atoms with van der Waals surface area (Å²) in [6, 6.07) is 8.69. The molecular weight excluding hydrogens is 204 g/mol. The van der Waals surface area contributed by atoms with Gasteiger partial charge in [0.15, 0.2) is 0 Å². The first-order valence-electron chi connectivity index (χ1n) is 7.13. The van der Waals surface area contributed by atoms with Crippen molar-refractivity contribution in [3.63, 3.8) is 0 Å². The lowest BCUT2D eigenvalue weighted by atomic mass is 10.0. The van der Waals surface area contributed by atoms with E-state index in [4.69, 9.17) is 0 Å². The molecular formula is C17H26. The Morgan fingerprint density at radius 2 is 1.71 bits per heavy atom. The Morgan fingerprint density at radius 3 is 2.47 bits per heavy atom. The molecule has 0 atom stereocenters. The van der Waals surface area contributed by atoms with Crippen LogP contribution in [0.15, 0.2) is 30.3 Å². The quantitative estimate of drug-likeness (QED) is 0.508. The predicted octanol–water partition coefficient (Wildman–Crippen LogP) is 5.62. The molecule has 0 fully saturated rings. The maximum absolute atomic E-state index is 2.33. The molecule has 0 aromatic heterocycles. The molecule has 0 aliphatic heterocycles. The second kappa shape index (κ2) is 9.04. The first kappa shape index (κ1) is 14.0. The molecule has 1 aromatic rings. The van der Waals surface area contributed by atoms with Gasteiger partial charge in [-0.15, -0.1) is 0 Å². The van der Waals surface area contributed by atoms with E-state index in [1.165, 1.54) is 49.7 Å². The van der Waals surface area contributed by atoms with Crippen LogP contribution in [0.3, 0.4) is 0 Å². The van der Waals surface area contributed by atoms with Crippen molar-refractivity contribution < 1.29 is 0 Å². The first-order chi connectivity index (χ1) is 8.38. The van der Waals surface area contributed by atoms with Gasteiger partial charge in [-0.1, -0.05) is 75.9 Å². The summed E-state index contributed by atoms with van der Waals surface area (Å²) in [4.78, 5) is 0. The molecule has 0 saturated heterocycles. The van der Waals surface area contributed by atoms with Crippen LogP contribution in [0.5, 0.6) is 0 Å². The van der Waals surface area contributed by atoms with Gasteiger partial charge < -0.3 is 0 Å². The van der Waals surface area contributed by atoms with E-state index in [0.29, 0.717) is 0 Å². The molecule has 1 rings (SSSR count). The number of benzene rings is 1. The van der Waals surface area contributed by atoms with E-state index >= 15 is 0 Å². The lowest BCUT2D eigenvalue weighted by Gasteiger charge is -2.02. The molecule has 17 heavy (non-hydrogen) atoms. The number of allylic oxidation sites excluding steroid dienone is 1. The largest absolute Gasteiger partial charge is 0.0839 e. The van der Waals surface area contributed by atoms with Crippen LogP contribution in [-0.4, -0.2) is 0 Å². The summed E-state index contributed by atoms with van der Waals surface area (Å²) in [6.45, 7) is 4.49. The average molecular weight is 230 g/mol. The Kier molecular flexibility index (Phi) is 7.46. The molecule has 1 aromatic carbocycles. The van der Waals surface area contributed by atoms with E-state index in [1.807, 2.05) is 0 Å². The highest BCUT2D eigenvalue weighted by Crippen LogP contribution is 2.12. The van der Waals surface area contributed by atoms with Crippen LogP contribution in [0.4, 0.5) is 0 Å². The Bertz CT molecular complexity index is 323. The molecule has 0 amide bonds. The minimum Gasteiger partial charge on any atom is -0.0839 e. The zero-order chi connectivity index (χ0) is 12.3. The van der Waals surface area contributed by atoms with Gasteiger partial charge in [0.05, 0.1) is 0 Å². The first-order valence-corrected chi connectivity index (χ1v) is 7.13. The predicted molar refractivity (Wildman–Crippen MR) is 78.2 cm³/mol. The van der Waals surface area contributed by atoms with Gasteiger partial charge in [0.1, 0.15) is 0 Å². The molecule has 0 heterocycles. The lowest BCUT2D eigenvalue weighted by molar-refractivity contribution is 0.638. The van der Waals surface area contributed by atoms with Gasteiger partial charge in [0, 0.05) is 0 Å². The van der Waals surface area contributed by atoms with Crippen LogP contribution in [0.25, 0.3) is 6.08 Å². The lowest BCUT2D eigenvalue weighted by Crippen LogP contribution is -1.84. The van der Waals surface area contributed by atoms with Crippen molar-refractivity contribution in [3.8, 4) is 0 Å². The number of hydrogen-bond acceptors (Lipinski definition) is 0. The summed E-state index contributed by atoms with van der Waals surface area (Å²) < 4.78 is 0. The monoisotopic (exact) mass is 230 g/mol. The molecule has 0 radical (unpaired) electrons. The van der Waals surface area contributed by atoms with E-state index in [2.05, 4.69) is 50.3 Å². The summed E-state index contributed by atoms with van der Waals surface area (Å²) in [5, 5.41) is 0.